The van der Waals surface area contributed by atoms with Gasteiger partial charge in [0.15, 0.2) is 0 Å². The van der Waals surface area contributed by atoms with Crippen LogP contribution in [0.15, 0.2) is 24.3 Å². The first kappa shape index (κ1) is 19.7. The minimum absolute atomic E-state index is 0.00121. The number of methoxy groups -OCH3 is 1. The Morgan fingerprint density at radius 3 is 2.56 bits per heavy atom. The summed E-state index contributed by atoms with van der Waals surface area (Å²) >= 11 is 0. The molecule has 1 fully saturated rings. The number of carbonyl (C=O) groups excluding carboxylic acids is 1. The molecule has 1 amide bonds. The van der Waals surface area contributed by atoms with Crippen LogP contribution in [0.5, 0.6) is 5.75 Å². The third-order valence-electron chi connectivity index (χ3n) is 4.63. The fourth-order valence-electron chi connectivity index (χ4n) is 3.11. The van der Waals surface area contributed by atoms with Crippen LogP contribution in [0.2, 0.25) is 0 Å². The number of unbranched alkanes of at least 4 members (excludes halogenated alkanes) is 2. The lowest BCUT2D eigenvalue weighted by atomic mass is 10.0. The van der Waals surface area contributed by atoms with Crippen LogP contribution in [0.25, 0.3) is 0 Å². The molecule has 0 N–H and O–H groups in total. The van der Waals surface area contributed by atoms with E-state index in [0.29, 0.717) is 13.0 Å². The van der Waals surface area contributed by atoms with Crippen molar-refractivity contribution in [2.45, 2.75) is 63.9 Å². The predicted octanol–water partition coefficient (Wildman–Crippen LogP) is 3.41. The normalized spacial score (nSPS) is 22.8. The zero-order chi connectivity index (χ0) is 18.2. The molecule has 0 saturated carbocycles. The molecule has 2 rings (SSSR count). The van der Waals surface area contributed by atoms with E-state index in [2.05, 4.69) is 6.92 Å². The van der Waals surface area contributed by atoms with Crippen LogP contribution in [-0.4, -0.2) is 50.3 Å². The molecular weight excluding hydrogens is 318 g/mol. The van der Waals surface area contributed by atoms with Gasteiger partial charge < -0.3 is 19.1 Å². The molecule has 3 atom stereocenters. The number of rotatable bonds is 9. The van der Waals surface area contributed by atoms with Crippen molar-refractivity contribution in [2.24, 2.45) is 0 Å². The van der Waals surface area contributed by atoms with Gasteiger partial charge in [0, 0.05) is 20.5 Å². The highest BCUT2D eigenvalue weighted by Gasteiger charge is 2.39. The lowest BCUT2D eigenvalue weighted by molar-refractivity contribution is -0.140. The minimum Gasteiger partial charge on any atom is -0.497 e. The number of likely N-dealkylation sites (N-methyl/N-ethyl adjacent to an activating group) is 1. The average molecular weight is 349 g/mol. The summed E-state index contributed by atoms with van der Waals surface area (Å²) < 4.78 is 17.3. The van der Waals surface area contributed by atoms with Crippen molar-refractivity contribution in [2.75, 3.05) is 21.2 Å². The Balaban J connectivity index is 1.94. The minimum atomic E-state index is -0.387. The van der Waals surface area contributed by atoms with E-state index >= 15 is 0 Å². The van der Waals surface area contributed by atoms with E-state index in [1.807, 2.05) is 24.3 Å². The summed E-state index contributed by atoms with van der Waals surface area (Å²) in [6.45, 7) is 2.71. The number of hydrogen-bond acceptors (Lipinski definition) is 4. The first-order valence-corrected chi connectivity index (χ1v) is 9.16. The number of nitrogens with zero attached hydrogens (tertiary/aromatic N) is 1. The zero-order valence-corrected chi connectivity index (χ0v) is 15.9. The molecule has 1 aliphatic heterocycles. The van der Waals surface area contributed by atoms with E-state index in [1.54, 1.807) is 26.1 Å². The van der Waals surface area contributed by atoms with Crippen LogP contribution in [0.3, 0.4) is 0 Å². The molecule has 1 aromatic rings. The summed E-state index contributed by atoms with van der Waals surface area (Å²) in [4.78, 5) is 13.8. The van der Waals surface area contributed by atoms with E-state index in [-0.39, 0.29) is 24.2 Å². The molecule has 25 heavy (non-hydrogen) atoms. The maximum absolute atomic E-state index is 12.2. The summed E-state index contributed by atoms with van der Waals surface area (Å²) in [5.41, 5.74) is 1.09. The van der Waals surface area contributed by atoms with Gasteiger partial charge in [-0.1, -0.05) is 38.3 Å². The van der Waals surface area contributed by atoms with Crippen LogP contribution in [0.1, 0.15) is 44.6 Å². The molecule has 0 unspecified atom stereocenters. The number of hydrogen-bond donors (Lipinski definition) is 0. The second-order valence-corrected chi connectivity index (χ2v) is 6.82. The van der Waals surface area contributed by atoms with E-state index in [9.17, 15) is 4.79 Å². The molecular formula is C20H31NO4. The highest BCUT2D eigenvalue weighted by Crippen LogP contribution is 2.29. The highest BCUT2D eigenvalue weighted by molar-refractivity contribution is 5.80. The molecule has 0 bridgehead atoms. The van der Waals surface area contributed by atoms with Gasteiger partial charge in [-0.3, -0.25) is 4.79 Å². The van der Waals surface area contributed by atoms with Gasteiger partial charge in [0.1, 0.15) is 11.9 Å². The number of carbonyl (C=O) groups is 1. The summed E-state index contributed by atoms with van der Waals surface area (Å²) in [5, 5.41) is 0. The molecule has 5 nitrogen and oxygen atoms in total. The maximum Gasteiger partial charge on any atom is 0.251 e. The van der Waals surface area contributed by atoms with Crippen LogP contribution in [0, 0.1) is 0 Å². The Labute approximate surface area is 151 Å². The van der Waals surface area contributed by atoms with Gasteiger partial charge in [0.2, 0.25) is 0 Å². The van der Waals surface area contributed by atoms with Gasteiger partial charge in [-0.15, -0.1) is 0 Å². The molecule has 1 aromatic carbocycles. The van der Waals surface area contributed by atoms with Crippen molar-refractivity contribution in [3.63, 3.8) is 0 Å². The summed E-state index contributed by atoms with van der Waals surface area (Å²) in [5.74, 6) is 0.859. The van der Waals surface area contributed by atoms with Gasteiger partial charge in [0.25, 0.3) is 5.91 Å². The first-order valence-electron chi connectivity index (χ1n) is 9.16. The zero-order valence-electron chi connectivity index (χ0n) is 15.9. The Bertz CT molecular complexity index is 529. The standard InChI is InChI=1S/C20H31NO4/c1-5-6-7-8-17-18(13-19(25-17)20(22)21(2)3)24-14-15-9-11-16(23-4)12-10-15/h9-12,17-19H,5-8,13-14H2,1-4H3/t17-,18-,19+/m0/s1. The molecule has 0 spiro atoms. The quantitative estimate of drug-likeness (QED) is 0.641. The fourth-order valence-corrected chi connectivity index (χ4v) is 3.11. The first-order chi connectivity index (χ1) is 12.0. The average Bonchev–Trinajstić information content (AvgIpc) is 3.03. The lowest BCUT2D eigenvalue weighted by Gasteiger charge is -2.19. The van der Waals surface area contributed by atoms with Gasteiger partial charge in [-0.25, -0.2) is 0 Å². The van der Waals surface area contributed by atoms with Gasteiger partial charge >= 0.3 is 0 Å². The monoisotopic (exact) mass is 349 g/mol. The molecule has 1 heterocycles. The molecule has 5 heteroatoms. The Hall–Kier alpha value is -1.59. The molecule has 1 aliphatic rings. The van der Waals surface area contributed by atoms with Crippen molar-refractivity contribution in [1.82, 2.24) is 4.90 Å². The van der Waals surface area contributed by atoms with Crippen molar-refractivity contribution in [3.8, 4) is 5.75 Å². The fraction of sp³-hybridized carbons (Fsp3) is 0.650. The Morgan fingerprint density at radius 2 is 1.96 bits per heavy atom. The molecule has 0 aromatic heterocycles. The highest BCUT2D eigenvalue weighted by atomic mass is 16.6. The maximum atomic E-state index is 12.2. The van der Waals surface area contributed by atoms with Crippen LogP contribution in [-0.2, 0) is 20.9 Å². The molecule has 1 saturated heterocycles. The second-order valence-electron chi connectivity index (χ2n) is 6.82. The Morgan fingerprint density at radius 1 is 1.24 bits per heavy atom. The predicted molar refractivity (Wildman–Crippen MR) is 97.7 cm³/mol. The number of amides is 1. The van der Waals surface area contributed by atoms with Crippen molar-refractivity contribution < 1.29 is 19.0 Å². The van der Waals surface area contributed by atoms with Crippen molar-refractivity contribution in [1.29, 1.82) is 0 Å². The largest absolute Gasteiger partial charge is 0.497 e. The number of ether oxygens (including phenoxy) is 3. The van der Waals surface area contributed by atoms with E-state index < -0.39 is 0 Å². The topological polar surface area (TPSA) is 48.0 Å². The third kappa shape index (κ3) is 5.72. The smallest absolute Gasteiger partial charge is 0.251 e. The van der Waals surface area contributed by atoms with Crippen LogP contribution < -0.4 is 4.74 Å². The molecule has 0 radical (unpaired) electrons. The SMILES string of the molecule is CCCCC[C@@H]1O[C@@H](C(=O)N(C)C)C[C@@H]1OCc1ccc(OC)cc1. The van der Waals surface area contributed by atoms with Crippen LogP contribution >= 0.6 is 0 Å². The van der Waals surface area contributed by atoms with E-state index in [0.717, 1.165) is 24.2 Å². The summed E-state index contributed by atoms with van der Waals surface area (Å²) in [7, 11) is 5.19. The molecule has 140 valence electrons. The van der Waals surface area contributed by atoms with Gasteiger partial charge in [-0.05, 0) is 24.1 Å². The lowest BCUT2D eigenvalue weighted by Crippen LogP contribution is -2.33. The van der Waals surface area contributed by atoms with Gasteiger partial charge in [0.05, 0.1) is 25.9 Å². The van der Waals surface area contributed by atoms with Crippen molar-refractivity contribution in [3.05, 3.63) is 29.8 Å². The second kappa shape index (κ2) is 9.78. The summed E-state index contributed by atoms with van der Waals surface area (Å²) in [6.07, 6.45) is 4.60. The third-order valence-corrected chi connectivity index (χ3v) is 4.63. The number of benzene rings is 1. The van der Waals surface area contributed by atoms with Crippen molar-refractivity contribution >= 4 is 5.91 Å². The van der Waals surface area contributed by atoms with E-state index in [1.165, 1.54) is 12.8 Å². The van der Waals surface area contributed by atoms with Crippen LogP contribution in [0.4, 0.5) is 0 Å². The molecule has 0 aliphatic carbocycles. The summed E-state index contributed by atoms with van der Waals surface area (Å²) in [6, 6.07) is 7.87. The van der Waals surface area contributed by atoms with Gasteiger partial charge in [-0.2, -0.15) is 0 Å². The van der Waals surface area contributed by atoms with E-state index in [4.69, 9.17) is 14.2 Å². The Kier molecular flexibility index (Phi) is 7.72.